The molecule has 8 aromatic carbocycles. The van der Waals surface area contributed by atoms with Gasteiger partial charge in [0.15, 0.2) is 5.78 Å². The maximum absolute atomic E-state index is 15.0. The van der Waals surface area contributed by atoms with E-state index < -0.39 is 23.0 Å². The van der Waals surface area contributed by atoms with Gasteiger partial charge in [-0.25, -0.2) is 0 Å². The Morgan fingerprint density at radius 1 is 0.552 bits per heavy atom. The molecule has 0 saturated heterocycles. The van der Waals surface area contributed by atoms with E-state index in [4.69, 9.17) is 27.1 Å². The van der Waals surface area contributed by atoms with E-state index in [0.29, 0.717) is 17.2 Å². The Balaban J connectivity index is 0.00000198. The van der Waals surface area contributed by atoms with Crippen LogP contribution in [0.4, 0.5) is 0 Å². The van der Waals surface area contributed by atoms with Crippen LogP contribution in [0, 0.1) is 6.92 Å². The molecule has 0 bridgehead atoms. The van der Waals surface area contributed by atoms with E-state index in [9.17, 15) is 9.59 Å². The molecule has 0 aromatic heterocycles. The van der Waals surface area contributed by atoms with Gasteiger partial charge in [0.05, 0.1) is 17.4 Å². The van der Waals surface area contributed by atoms with Crippen LogP contribution in [0.2, 0.25) is 0 Å². The molecular formula is C57H48O8P2. The van der Waals surface area contributed by atoms with Gasteiger partial charge in [-0.1, -0.05) is 140 Å². The minimum Gasteiger partial charge on any atom is -0.416 e. The van der Waals surface area contributed by atoms with Crippen molar-refractivity contribution in [3.05, 3.63) is 234 Å². The minimum atomic E-state index is -2.25. The van der Waals surface area contributed by atoms with Gasteiger partial charge in [0.25, 0.3) is 0 Å². The number of carbonyl (C=O) groups excluding carboxylic acids is 2. The van der Waals surface area contributed by atoms with Crippen LogP contribution in [-0.2, 0) is 4.52 Å². The number of hydrogen-bond acceptors (Lipinski definition) is 8. The van der Waals surface area contributed by atoms with Crippen molar-refractivity contribution in [1.29, 1.82) is 0 Å². The second-order valence-electron chi connectivity index (χ2n) is 15.3. The van der Waals surface area contributed by atoms with Gasteiger partial charge in [-0.2, -0.15) is 0 Å². The lowest BCUT2D eigenvalue weighted by molar-refractivity contribution is 0.0975. The fourth-order valence-electron chi connectivity index (χ4n) is 7.59. The number of ketones is 2. The summed E-state index contributed by atoms with van der Waals surface area (Å²) in [6.45, 7) is 11.3. The topological polar surface area (TPSA) is 89.5 Å². The second-order valence-corrected chi connectivity index (χ2v) is 17.4. The molecule has 1 aliphatic rings. The van der Waals surface area contributed by atoms with Crippen molar-refractivity contribution in [3.63, 3.8) is 0 Å². The first kappa shape index (κ1) is 46.0. The van der Waals surface area contributed by atoms with Crippen LogP contribution in [0.3, 0.4) is 0 Å². The van der Waals surface area contributed by atoms with Gasteiger partial charge in [0.2, 0.25) is 5.78 Å². The summed E-state index contributed by atoms with van der Waals surface area (Å²) in [5.74, 6) is 0.928. The molecule has 0 radical (unpaired) electrons. The molecule has 67 heavy (non-hydrogen) atoms. The van der Waals surface area contributed by atoms with Crippen LogP contribution in [-0.4, -0.2) is 11.6 Å². The smallest absolute Gasteiger partial charge is 0.416 e. The van der Waals surface area contributed by atoms with Crippen LogP contribution in [0.15, 0.2) is 207 Å². The monoisotopic (exact) mass is 922 g/mol. The molecular weight excluding hydrogens is 875 g/mol. The zero-order valence-corrected chi connectivity index (χ0v) is 39.3. The Morgan fingerprint density at radius 2 is 1.06 bits per heavy atom. The molecule has 334 valence electrons. The lowest BCUT2D eigenvalue weighted by Crippen LogP contribution is -2.22. The Labute approximate surface area is 393 Å². The highest BCUT2D eigenvalue weighted by Crippen LogP contribution is 2.49. The van der Waals surface area contributed by atoms with Gasteiger partial charge in [0, 0.05) is 11.1 Å². The highest BCUT2D eigenvalue weighted by atomic mass is 31.2. The predicted molar refractivity (Wildman–Crippen MR) is 273 cm³/mol. The van der Waals surface area contributed by atoms with E-state index in [1.807, 2.05) is 154 Å². The Bertz CT molecular complexity index is 3130. The highest BCUT2D eigenvalue weighted by molar-refractivity contribution is 7.43. The predicted octanol–water partition coefficient (Wildman–Crippen LogP) is 16.3. The molecule has 1 aliphatic carbocycles. The lowest BCUT2D eigenvalue weighted by atomic mass is 9.83. The van der Waals surface area contributed by atoms with Gasteiger partial charge in [-0.15, -0.1) is 6.58 Å². The van der Waals surface area contributed by atoms with Crippen molar-refractivity contribution in [2.75, 3.05) is 0 Å². The summed E-state index contributed by atoms with van der Waals surface area (Å²) in [7, 11) is -4.46. The van der Waals surface area contributed by atoms with Gasteiger partial charge < -0.3 is 27.1 Å². The van der Waals surface area contributed by atoms with Gasteiger partial charge in [-0.05, 0) is 125 Å². The molecule has 1 atom stereocenters. The first-order valence-corrected chi connectivity index (χ1v) is 24.0. The molecule has 0 fully saturated rings. The van der Waals surface area contributed by atoms with Gasteiger partial charge in [-0.3, -0.25) is 9.59 Å². The fraction of sp³-hybridized carbons (Fsp3) is 0.0877. The van der Waals surface area contributed by atoms with Crippen LogP contribution in [0.1, 0.15) is 64.6 Å². The van der Waals surface area contributed by atoms with Crippen LogP contribution in [0.5, 0.6) is 28.7 Å². The summed E-state index contributed by atoms with van der Waals surface area (Å²) in [5.41, 5.74) is 2.60. The summed E-state index contributed by atoms with van der Waals surface area (Å²) in [6, 6.07) is 49.1. The van der Waals surface area contributed by atoms with Crippen molar-refractivity contribution < 1.29 is 36.7 Å². The van der Waals surface area contributed by atoms with Crippen molar-refractivity contribution in [2.24, 2.45) is 0 Å². The highest BCUT2D eigenvalue weighted by Gasteiger charge is 2.37. The second kappa shape index (κ2) is 21.7. The van der Waals surface area contributed by atoms with E-state index in [2.05, 4.69) is 19.6 Å². The third-order valence-electron chi connectivity index (χ3n) is 10.7. The Morgan fingerprint density at radius 3 is 1.63 bits per heavy atom. The Kier molecular flexibility index (Phi) is 14.9. The zero-order chi connectivity index (χ0) is 46.7. The molecule has 10 heteroatoms. The van der Waals surface area contributed by atoms with Crippen LogP contribution >= 0.6 is 17.2 Å². The minimum absolute atomic E-state index is 0.0604. The molecule has 0 heterocycles. The average Bonchev–Trinajstić information content (AvgIpc) is 3.34. The number of hydrogen-bond donors (Lipinski definition) is 0. The molecule has 0 aliphatic heterocycles. The van der Waals surface area contributed by atoms with E-state index in [0.717, 1.165) is 49.9 Å². The molecule has 0 amide bonds. The molecule has 9 rings (SSSR count). The van der Waals surface area contributed by atoms with E-state index in [-0.39, 0.29) is 39.5 Å². The Hall–Kier alpha value is -7.50. The van der Waals surface area contributed by atoms with Crippen molar-refractivity contribution >= 4 is 61.1 Å². The summed E-state index contributed by atoms with van der Waals surface area (Å²) in [6.07, 6.45) is 11.8. The SMILES string of the molecule is C=CC.C\C=C/C(=C\C=C\OP(Oc1cc(C)c2ccccc2c1)Oc1cccc2c1C(=O)c1c(OP(Oc3ccc4ccccc4c3)Oc3ccc4ccccc4c3)cccc1C2=O)CC. The fourth-order valence-corrected chi connectivity index (χ4v) is 9.47. The molecule has 1 unspecified atom stereocenters. The molecule has 0 spiro atoms. The molecule has 8 nitrogen and oxygen atoms in total. The zero-order valence-electron chi connectivity index (χ0n) is 37.5. The molecule has 8 aromatic rings. The average molecular weight is 923 g/mol. The first-order valence-electron chi connectivity index (χ1n) is 21.8. The quantitative estimate of drug-likeness (QED) is 0.0435. The number of allylic oxidation sites excluding steroid dienone is 6. The standard InChI is InChI=1S/C54H42O8P2.C3H6/c1-4-15-37(5-2)16-14-31-57-63(60-45-32-36(3)46-22-11-10-21-42(46)35-45)61-49-25-12-23-47-51(49)54(56)52-48(53(47)55)24-13-26-50(52)62-64(58-43-29-27-38-17-6-8-19-40(38)33-43)59-44-30-28-39-18-7-9-20-41(39)34-44;1-3-2/h4,6-35H,5H2,1-3H3;3H,1H2,2H3/b15-4-,31-14+,37-16-;. The lowest BCUT2D eigenvalue weighted by Gasteiger charge is -2.24. The summed E-state index contributed by atoms with van der Waals surface area (Å²) in [4.78, 5) is 29.3. The molecule has 0 saturated carbocycles. The van der Waals surface area contributed by atoms with Crippen molar-refractivity contribution in [3.8, 4) is 28.7 Å². The van der Waals surface area contributed by atoms with Crippen LogP contribution < -0.4 is 22.6 Å². The van der Waals surface area contributed by atoms with Crippen LogP contribution in [0.25, 0.3) is 32.3 Å². The number of fused-ring (bicyclic) bond motifs is 5. The maximum atomic E-state index is 15.0. The number of rotatable bonds is 15. The van der Waals surface area contributed by atoms with Gasteiger partial charge in [0.1, 0.15) is 28.7 Å². The number of benzene rings is 8. The number of carbonyl (C=O) groups is 2. The largest absolute Gasteiger partial charge is 0.530 e. The third-order valence-corrected chi connectivity index (χ3v) is 12.8. The normalized spacial score (nSPS) is 12.7. The van der Waals surface area contributed by atoms with E-state index in [1.165, 1.54) is 6.26 Å². The molecule has 0 N–H and O–H groups in total. The van der Waals surface area contributed by atoms with Crippen molar-refractivity contribution in [2.45, 2.75) is 34.1 Å². The number of aryl methyl sites for hydroxylation is 1. The first-order chi connectivity index (χ1) is 32.8. The summed E-state index contributed by atoms with van der Waals surface area (Å²) >= 11 is 0. The maximum Gasteiger partial charge on any atom is 0.530 e. The third kappa shape index (κ3) is 10.8. The van der Waals surface area contributed by atoms with E-state index in [1.54, 1.807) is 48.6 Å². The van der Waals surface area contributed by atoms with Crippen molar-refractivity contribution in [1.82, 2.24) is 0 Å². The summed E-state index contributed by atoms with van der Waals surface area (Å²) < 4.78 is 38.6. The van der Waals surface area contributed by atoms with Gasteiger partial charge >= 0.3 is 17.2 Å². The van der Waals surface area contributed by atoms with E-state index >= 15 is 0 Å². The summed E-state index contributed by atoms with van der Waals surface area (Å²) in [5, 5.41) is 6.11.